The number of carbonyl (C=O) groups excluding carboxylic acids is 2. The lowest BCUT2D eigenvalue weighted by Crippen LogP contribution is -2.71. The van der Waals surface area contributed by atoms with E-state index in [1.165, 1.54) is 35.7 Å². The first-order valence-corrected chi connectivity index (χ1v) is 9.08. The molecule has 142 valence electrons. The van der Waals surface area contributed by atoms with Crippen molar-refractivity contribution in [2.45, 2.75) is 36.9 Å². The van der Waals surface area contributed by atoms with Crippen molar-refractivity contribution in [3.63, 3.8) is 0 Å². The van der Waals surface area contributed by atoms with Gasteiger partial charge in [0.25, 0.3) is 11.6 Å². The third-order valence-electron chi connectivity index (χ3n) is 4.57. The van der Waals surface area contributed by atoms with Crippen molar-refractivity contribution >= 4 is 35.2 Å². The van der Waals surface area contributed by atoms with E-state index in [0.29, 0.717) is 12.0 Å². The van der Waals surface area contributed by atoms with Gasteiger partial charge in [0.1, 0.15) is 17.1 Å². The largest absolute Gasteiger partial charge is 0.477 e. The van der Waals surface area contributed by atoms with Gasteiger partial charge in [-0.15, -0.1) is 11.8 Å². The number of fused-ring (bicyclic) bond motifs is 1. The summed E-state index contributed by atoms with van der Waals surface area (Å²) in [5, 5.41) is 22.2. The van der Waals surface area contributed by atoms with E-state index < -0.39 is 28.2 Å². The number of hydrogen-bond acceptors (Lipinski definition) is 6. The molecule has 3 atom stereocenters. The Morgan fingerprint density at radius 3 is 2.48 bits per heavy atom. The Labute approximate surface area is 158 Å². The molecule has 1 aromatic carbocycles. The van der Waals surface area contributed by atoms with Crippen LogP contribution in [0.25, 0.3) is 0 Å². The first kappa shape index (κ1) is 18.9. The number of carboxylic acid groups (broad SMARTS) is 1. The van der Waals surface area contributed by atoms with Crippen LogP contribution < -0.4 is 5.32 Å². The smallest absolute Gasteiger partial charge is 0.352 e. The molecule has 0 aromatic heterocycles. The number of β-lactam (4-membered cyclic amide) rings is 1. The molecule has 9 nitrogen and oxygen atoms in total. The lowest BCUT2D eigenvalue weighted by Gasteiger charge is -2.51. The number of nitro benzene ring substituents is 1. The molecule has 1 fully saturated rings. The average Bonchev–Trinajstić information content (AvgIpc) is 2.61. The van der Waals surface area contributed by atoms with Crippen molar-refractivity contribution in [3.8, 4) is 0 Å². The van der Waals surface area contributed by atoms with Gasteiger partial charge >= 0.3 is 5.97 Å². The average molecular weight is 391 g/mol. The molecule has 2 aliphatic heterocycles. The van der Waals surface area contributed by atoms with Crippen molar-refractivity contribution in [1.82, 2.24) is 10.2 Å². The summed E-state index contributed by atoms with van der Waals surface area (Å²) in [6, 6.07) is 5.32. The number of thioether (sulfide) groups is 1. The molecule has 2 unspecified atom stereocenters. The van der Waals surface area contributed by atoms with Crippen molar-refractivity contribution < 1.29 is 24.4 Å². The molecule has 0 aliphatic carbocycles. The predicted molar refractivity (Wildman–Crippen MR) is 96.8 cm³/mol. The summed E-state index contributed by atoms with van der Waals surface area (Å²) in [4.78, 5) is 46.9. The van der Waals surface area contributed by atoms with Crippen molar-refractivity contribution in [1.29, 1.82) is 0 Å². The number of carboxylic acids is 1. The number of aliphatic carboxylic acids is 1. The highest BCUT2D eigenvalue weighted by atomic mass is 32.2. The first-order chi connectivity index (χ1) is 12.7. The molecule has 2 heterocycles. The zero-order valence-electron chi connectivity index (χ0n) is 14.5. The third-order valence-corrected chi connectivity index (χ3v) is 6.18. The maximum Gasteiger partial charge on any atom is 0.352 e. The summed E-state index contributed by atoms with van der Waals surface area (Å²) in [5.74, 6) is -1.99. The van der Waals surface area contributed by atoms with E-state index >= 15 is 0 Å². The molecule has 2 amide bonds. The third kappa shape index (κ3) is 3.39. The highest BCUT2D eigenvalue weighted by Gasteiger charge is 2.55. The number of benzene rings is 1. The first-order valence-electron chi connectivity index (χ1n) is 8.13. The second-order valence-corrected chi connectivity index (χ2v) is 7.69. The zero-order chi connectivity index (χ0) is 19.9. The molecule has 1 saturated heterocycles. The zero-order valence-corrected chi connectivity index (χ0v) is 15.4. The maximum atomic E-state index is 12.3. The quantitative estimate of drug-likeness (QED) is 0.439. The van der Waals surface area contributed by atoms with Crippen LogP contribution in [0, 0.1) is 10.1 Å². The Hall–Kier alpha value is -2.88. The van der Waals surface area contributed by atoms with Gasteiger partial charge in [-0.05, 0) is 24.5 Å². The predicted octanol–water partition coefficient (Wildman–Crippen LogP) is 1.28. The van der Waals surface area contributed by atoms with E-state index in [-0.39, 0.29) is 22.5 Å². The minimum Gasteiger partial charge on any atom is -0.477 e. The van der Waals surface area contributed by atoms with E-state index in [9.17, 15) is 29.6 Å². The number of amides is 2. The Balaban J connectivity index is 1.87. The van der Waals surface area contributed by atoms with Gasteiger partial charge in [-0.2, -0.15) is 0 Å². The Kier molecular flexibility index (Phi) is 4.92. The van der Waals surface area contributed by atoms with E-state index in [0.717, 1.165) is 5.56 Å². The minimum absolute atomic E-state index is 0.0185. The monoisotopic (exact) mass is 391 g/mol. The molecule has 0 spiro atoms. The molecule has 0 saturated carbocycles. The van der Waals surface area contributed by atoms with Crippen LogP contribution in [0.4, 0.5) is 5.69 Å². The number of nitrogens with one attached hydrogen (secondary N) is 1. The van der Waals surface area contributed by atoms with E-state index in [1.807, 2.05) is 0 Å². The fourth-order valence-corrected chi connectivity index (χ4v) is 4.86. The number of rotatable bonds is 5. The van der Waals surface area contributed by atoms with Crippen molar-refractivity contribution in [3.05, 3.63) is 51.2 Å². The van der Waals surface area contributed by atoms with Crippen LogP contribution in [0.1, 0.15) is 19.4 Å². The van der Waals surface area contributed by atoms with Gasteiger partial charge in [-0.1, -0.05) is 12.1 Å². The van der Waals surface area contributed by atoms with Gasteiger partial charge in [0.15, 0.2) is 0 Å². The van der Waals surface area contributed by atoms with Crippen LogP contribution in [-0.4, -0.2) is 49.4 Å². The maximum absolute atomic E-state index is 12.3. The summed E-state index contributed by atoms with van der Waals surface area (Å²) in [6.07, 6.45) is 0.455. The SMILES string of the molecule is CC(=O)NC1C(=O)N2C(C(=O)O)=C(C)C(Cc3ccc([N+](=O)[O-])cc3)S[C@H]12. The molecule has 1 aromatic rings. The minimum atomic E-state index is -1.19. The Bertz CT molecular complexity index is 866. The fraction of sp³-hybridized carbons (Fsp3) is 0.353. The summed E-state index contributed by atoms with van der Waals surface area (Å²) >= 11 is 1.40. The van der Waals surface area contributed by atoms with Crippen molar-refractivity contribution in [2.24, 2.45) is 0 Å². The fourth-order valence-electron chi connectivity index (χ4n) is 3.25. The van der Waals surface area contributed by atoms with E-state index in [2.05, 4.69) is 5.32 Å². The normalized spacial score (nSPS) is 24.1. The van der Waals surface area contributed by atoms with E-state index in [1.54, 1.807) is 19.1 Å². The second-order valence-electron chi connectivity index (χ2n) is 6.37. The molecule has 10 heteroatoms. The van der Waals surface area contributed by atoms with Gasteiger partial charge in [0.05, 0.1) is 4.92 Å². The molecule has 2 aliphatic rings. The molecular formula is C17H17N3O6S. The van der Waals surface area contributed by atoms with Crippen LogP contribution in [0.15, 0.2) is 35.5 Å². The molecular weight excluding hydrogens is 374 g/mol. The van der Waals surface area contributed by atoms with Crippen molar-refractivity contribution in [2.75, 3.05) is 0 Å². The summed E-state index contributed by atoms with van der Waals surface area (Å²) in [7, 11) is 0. The number of nitrogens with zero attached hydrogens (tertiary/aromatic N) is 2. The summed E-state index contributed by atoms with van der Waals surface area (Å²) < 4.78 is 0. The van der Waals surface area contributed by atoms with Gasteiger partial charge in [0, 0.05) is 24.3 Å². The topological polar surface area (TPSA) is 130 Å². The lowest BCUT2D eigenvalue weighted by atomic mass is 9.98. The standard InChI is InChI=1S/C17H17N3O6S/c1-8-12(7-10-3-5-11(6-4-10)20(25)26)27-16-13(18-9(2)21)15(22)19(16)14(8)17(23)24/h3-6,12-13,16H,7H2,1-2H3,(H,18,21)(H,23,24)/t12?,13?,16-/m1/s1. The lowest BCUT2D eigenvalue weighted by molar-refractivity contribution is -0.384. The number of carbonyl (C=O) groups is 3. The number of hydrogen-bond donors (Lipinski definition) is 2. The van der Waals surface area contributed by atoms with Crippen LogP contribution in [-0.2, 0) is 20.8 Å². The molecule has 27 heavy (non-hydrogen) atoms. The summed E-state index contributed by atoms with van der Waals surface area (Å²) in [5.41, 5.74) is 1.29. The number of non-ortho nitro benzene ring substituents is 1. The Morgan fingerprint density at radius 2 is 1.96 bits per heavy atom. The summed E-state index contributed by atoms with van der Waals surface area (Å²) in [6.45, 7) is 2.97. The van der Waals surface area contributed by atoms with Gasteiger partial charge in [-0.3, -0.25) is 24.6 Å². The molecule has 2 N–H and O–H groups in total. The van der Waals surface area contributed by atoms with Crippen LogP contribution >= 0.6 is 11.8 Å². The Morgan fingerprint density at radius 1 is 1.33 bits per heavy atom. The van der Waals surface area contributed by atoms with Gasteiger partial charge in [-0.25, -0.2) is 4.79 Å². The van der Waals surface area contributed by atoms with E-state index in [4.69, 9.17) is 0 Å². The van der Waals surface area contributed by atoms with Crippen LogP contribution in [0.2, 0.25) is 0 Å². The molecule has 3 rings (SSSR count). The van der Waals surface area contributed by atoms with Gasteiger partial charge in [0.2, 0.25) is 5.91 Å². The van der Waals surface area contributed by atoms with Crippen LogP contribution in [0.5, 0.6) is 0 Å². The second kappa shape index (κ2) is 7.03. The van der Waals surface area contributed by atoms with Crippen LogP contribution in [0.3, 0.4) is 0 Å². The highest BCUT2D eigenvalue weighted by molar-refractivity contribution is 8.00. The molecule has 0 radical (unpaired) electrons. The number of nitro groups is 1. The van der Waals surface area contributed by atoms with Gasteiger partial charge < -0.3 is 10.4 Å². The molecule has 0 bridgehead atoms. The highest BCUT2D eigenvalue weighted by Crippen LogP contribution is 2.45.